The number of nitrogens with zero attached hydrogens (tertiary/aromatic N) is 1. The van der Waals surface area contributed by atoms with E-state index in [1.165, 1.54) is 0 Å². The Labute approximate surface area is 162 Å². The van der Waals surface area contributed by atoms with Gasteiger partial charge in [-0.2, -0.15) is 0 Å². The minimum Gasteiger partial charge on any atom is -0.459 e. The van der Waals surface area contributed by atoms with Crippen LogP contribution in [0, 0.1) is 0 Å². The molecule has 0 bridgehead atoms. The summed E-state index contributed by atoms with van der Waals surface area (Å²) in [7, 11) is 0.811. The van der Waals surface area contributed by atoms with Crippen molar-refractivity contribution in [3.8, 4) is 0 Å². The summed E-state index contributed by atoms with van der Waals surface area (Å²) in [6.45, 7) is 2.62. The number of hydrogen-bond donors (Lipinski definition) is 2. The van der Waals surface area contributed by atoms with Crippen LogP contribution in [0.2, 0.25) is 0 Å². The number of para-hydroxylation sites is 1. The summed E-state index contributed by atoms with van der Waals surface area (Å²) < 4.78 is 18.1. The Hall–Kier alpha value is -2.60. The average Bonchev–Trinajstić information content (AvgIpc) is 3.12. The third kappa shape index (κ3) is 5.44. The van der Waals surface area contributed by atoms with Crippen molar-refractivity contribution in [2.75, 3.05) is 19.3 Å². The van der Waals surface area contributed by atoms with Crippen LogP contribution in [-0.4, -0.2) is 29.5 Å². The smallest absolute Gasteiger partial charge is 0.191 e. The second kappa shape index (κ2) is 9.37. The van der Waals surface area contributed by atoms with E-state index in [0.717, 1.165) is 22.3 Å². The Kier molecular flexibility index (Phi) is 6.65. The minimum absolute atomic E-state index is 0.0292. The number of rotatable bonds is 7. The average molecular weight is 384 g/mol. The van der Waals surface area contributed by atoms with Gasteiger partial charge in [0.25, 0.3) is 0 Å². The van der Waals surface area contributed by atoms with E-state index in [0.29, 0.717) is 24.0 Å². The monoisotopic (exact) mass is 383 g/mol. The molecule has 2 unspecified atom stereocenters. The number of aliphatic imine (C=N–C) groups is 1. The lowest BCUT2D eigenvalue weighted by molar-refractivity contribution is 0.489. The molecule has 0 saturated heterocycles. The zero-order chi connectivity index (χ0) is 19.1. The van der Waals surface area contributed by atoms with Crippen molar-refractivity contribution in [2.24, 2.45) is 4.99 Å². The molecule has 27 heavy (non-hydrogen) atoms. The van der Waals surface area contributed by atoms with Crippen molar-refractivity contribution in [3.63, 3.8) is 0 Å². The predicted molar refractivity (Wildman–Crippen MR) is 112 cm³/mol. The number of benzene rings is 2. The molecule has 0 radical (unpaired) electrons. The molecule has 0 aliphatic carbocycles. The maximum atomic E-state index is 12.2. The molecule has 0 saturated carbocycles. The molecule has 142 valence electrons. The second-order valence-electron chi connectivity index (χ2n) is 6.33. The first-order valence-corrected chi connectivity index (χ1v) is 10.5. The summed E-state index contributed by atoms with van der Waals surface area (Å²) in [5.74, 6) is 2.66. The number of fused-ring (bicyclic) bond motifs is 1. The Bertz CT molecular complexity index is 888. The molecule has 3 rings (SSSR count). The molecule has 0 amide bonds. The highest BCUT2D eigenvalue weighted by Gasteiger charge is 2.13. The van der Waals surface area contributed by atoms with E-state index in [1.54, 1.807) is 7.05 Å². The summed E-state index contributed by atoms with van der Waals surface area (Å²) >= 11 is 0. The van der Waals surface area contributed by atoms with Gasteiger partial charge in [0.1, 0.15) is 11.3 Å². The number of hydrogen-bond acceptors (Lipinski definition) is 3. The van der Waals surface area contributed by atoms with Gasteiger partial charge >= 0.3 is 0 Å². The van der Waals surface area contributed by atoms with Crippen LogP contribution in [0.5, 0.6) is 0 Å². The summed E-state index contributed by atoms with van der Waals surface area (Å²) in [4.78, 5) is 4.24. The molecule has 0 aliphatic rings. The fourth-order valence-electron chi connectivity index (χ4n) is 2.80. The lowest BCUT2D eigenvalue weighted by atomic mass is 10.2. The van der Waals surface area contributed by atoms with E-state index >= 15 is 0 Å². The van der Waals surface area contributed by atoms with Crippen molar-refractivity contribution in [1.82, 2.24) is 10.6 Å². The molecule has 0 fully saturated rings. The zero-order valence-corrected chi connectivity index (χ0v) is 16.5. The van der Waals surface area contributed by atoms with Gasteiger partial charge in [0.2, 0.25) is 0 Å². The fourth-order valence-corrected chi connectivity index (χ4v) is 3.84. The first kappa shape index (κ1) is 19.2. The standard InChI is InChI=1S/C21H25N3O2S/c1-16(20-14-18-10-6-7-11-19(18)26-20)24-21(22-2)23-12-13-27(25)15-17-8-4-3-5-9-17/h3-11,14,16H,12-13,15H2,1-2H3,(H2,22,23,24). The zero-order valence-electron chi connectivity index (χ0n) is 15.6. The highest BCUT2D eigenvalue weighted by atomic mass is 32.2. The van der Waals surface area contributed by atoms with Crippen molar-refractivity contribution in [3.05, 3.63) is 72.0 Å². The molecule has 2 atom stereocenters. The van der Waals surface area contributed by atoms with Crippen molar-refractivity contribution >= 4 is 27.7 Å². The quantitative estimate of drug-likeness (QED) is 0.483. The van der Waals surface area contributed by atoms with Gasteiger partial charge in [0.15, 0.2) is 5.96 Å². The maximum absolute atomic E-state index is 12.2. The van der Waals surface area contributed by atoms with Crippen molar-refractivity contribution < 1.29 is 8.63 Å². The molecule has 0 spiro atoms. The van der Waals surface area contributed by atoms with Gasteiger partial charge in [0.05, 0.1) is 6.04 Å². The first-order valence-electron chi connectivity index (χ1n) is 9.00. The highest BCUT2D eigenvalue weighted by molar-refractivity contribution is 7.84. The number of furan rings is 1. The Morgan fingerprint density at radius 2 is 1.89 bits per heavy atom. The predicted octanol–water partition coefficient (Wildman–Crippen LogP) is 3.61. The third-order valence-corrected chi connectivity index (χ3v) is 5.56. The van der Waals surface area contributed by atoms with E-state index in [2.05, 4.69) is 15.6 Å². The number of nitrogens with one attached hydrogen (secondary N) is 2. The molecule has 1 heterocycles. The second-order valence-corrected chi connectivity index (χ2v) is 7.90. The van der Waals surface area contributed by atoms with Crippen LogP contribution >= 0.6 is 0 Å². The van der Waals surface area contributed by atoms with Gasteiger partial charge in [-0.25, -0.2) is 0 Å². The summed E-state index contributed by atoms with van der Waals surface area (Å²) in [6, 6.07) is 19.9. The van der Waals surface area contributed by atoms with Gasteiger partial charge in [0, 0.05) is 41.3 Å². The van der Waals surface area contributed by atoms with E-state index in [9.17, 15) is 4.21 Å². The van der Waals surface area contributed by atoms with E-state index in [4.69, 9.17) is 4.42 Å². The summed E-state index contributed by atoms with van der Waals surface area (Å²) in [6.07, 6.45) is 0. The SMILES string of the molecule is CN=C(NCCS(=O)Cc1ccccc1)NC(C)c1cc2ccccc2o1. The molecule has 5 nitrogen and oxygen atoms in total. The van der Waals surface area contributed by atoms with E-state index in [-0.39, 0.29) is 6.04 Å². The van der Waals surface area contributed by atoms with Crippen LogP contribution in [0.3, 0.4) is 0 Å². The first-order chi connectivity index (χ1) is 13.2. The Morgan fingerprint density at radius 3 is 2.63 bits per heavy atom. The van der Waals surface area contributed by atoms with Crippen LogP contribution in [0.25, 0.3) is 11.0 Å². The minimum atomic E-state index is -0.912. The van der Waals surface area contributed by atoms with Gasteiger partial charge in [-0.15, -0.1) is 0 Å². The maximum Gasteiger partial charge on any atom is 0.191 e. The Balaban J connectivity index is 1.48. The molecule has 2 N–H and O–H groups in total. The fraction of sp³-hybridized carbons (Fsp3) is 0.286. The van der Waals surface area contributed by atoms with E-state index < -0.39 is 10.8 Å². The molecule has 1 aromatic heterocycles. The highest BCUT2D eigenvalue weighted by Crippen LogP contribution is 2.23. The van der Waals surface area contributed by atoms with E-state index in [1.807, 2.05) is 67.6 Å². The molecule has 3 aromatic rings. The van der Waals surface area contributed by atoms with Crippen LogP contribution in [0.4, 0.5) is 0 Å². The molecule has 6 heteroatoms. The van der Waals surface area contributed by atoms with Crippen LogP contribution in [0.15, 0.2) is 70.1 Å². The van der Waals surface area contributed by atoms with Crippen LogP contribution < -0.4 is 10.6 Å². The Morgan fingerprint density at radius 1 is 1.15 bits per heavy atom. The molecular formula is C21H25N3O2S. The van der Waals surface area contributed by atoms with Crippen LogP contribution in [-0.2, 0) is 16.6 Å². The summed E-state index contributed by atoms with van der Waals surface area (Å²) in [5, 5.41) is 7.62. The number of guanidine groups is 1. The van der Waals surface area contributed by atoms with Gasteiger partial charge in [-0.1, -0.05) is 48.5 Å². The normalized spacial score (nSPS) is 14.1. The van der Waals surface area contributed by atoms with Gasteiger partial charge in [-0.05, 0) is 24.6 Å². The van der Waals surface area contributed by atoms with Crippen molar-refractivity contribution in [1.29, 1.82) is 0 Å². The lowest BCUT2D eigenvalue weighted by Crippen LogP contribution is -2.40. The van der Waals surface area contributed by atoms with Gasteiger partial charge < -0.3 is 15.1 Å². The topological polar surface area (TPSA) is 66.6 Å². The largest absolute Gasteiger partial charge is 0.459 e. The van der Waals surface area contributed by atoms with Gasteiger partial charge in [-0.3, -0.25) is 9.20 Å². The summed E-state index contributed by atoms with van der Waals surface area (Å²) in [5.41, 5.74) is 1.97. The third-order valence-electron chi connectivity index (χ3n) is 4.24. The molecular weight excluding hydrogens is 358 g/mol. The lowest BCUT2D eigenvalue weighted by Gasteiger charge is -2.16. The molecule has 0 aliphatic heterocycles. The van der Waals surface area contributed by atoms with Crippen LogP contribution in [0.1, 0.15) is 24.3 Å². The van der Waals surface area contributed by atoms with Crippen molar-refractivity contribution in [2.45, 2.75) is 18.7 Å². The molecule has 2 aromatic carbocycles.